The molecular weight excluding hydrogens is 310 g/mol. The number of nitriles is 1. The van der Waals surface area contributed by atoms with Crippen LogP contribution in [0.2, 0.25) is 0 Å². The first-order valence-electron chi connectivity index (χ1n) is 7.05. The van der Waals surface area contributed by atoms with Crippen LogP contribution in [0.1, 0.15) is 22.7 Å². The molecule has 2 rings (SSSR count). The van der Waals surface area contributed by atoms with Gasteiger partial charge in [0.25, 0.3) is 5.69 Å². The van der Waals surface area contributed by atoms with Crippen molar-refractivity contribution in [3.63, 3.8) is 0 Å². The molecule has 0 saturated heterocycles. The van der Waals surface area contributed by atoms with Gasteiger partial charge in [-0.3, -0.25) is 10.1 Å². The van der Waals surface area contributed by atoms with E-state index in [2.05, 4.69) is 5.32 Å². The summed E-state index contributed by atoms with van der Waals surface area (Å²) in [5.41, 5.74) is 1.94. The molecule has 0 aliphatic carbocycles. The molecule has 7 heteroatoms. The van der Waals surface area contributed by atoms with Crippen LogP contribution in [0, 0.1) is 28.4 Å². The highest BCUT2D eigenvalue weighted by Gasteiger charge is 2.24. The van der Waals surface area contributed by atoms with Gasteiger partial charge in [0.1, 0.15) is 0 Å². The molecule has 0 amide bonds. The molecule has 0 spiro atoms. The summed E-state index contributed by atoms with van der Waals surface area (Å²) in [7, 11) is 1.25. The number of nitro benzene ring substituents is 1. The Kier molecular flexibility index (Phi) is 5.12. The van der Waals surface area contributed by atoms with Crippen molar-refractivity contribution in [3.8, 4) is 6.07 Å². The number of hydrogen-bond acceptors (Lipinski definition) is 6. The Hall–Kier alpha value is -3.40. The third kappa shape index (κ3) is 3.67. The summed E-state index contributed by atoms with van der Waals surface area (Å²) in [4.78, 5) is 22.7. The molecule has 0 saturated carbocycles. The van der Waals surface area contributed by atoms with Crippen molar-refractivity contribution in [1.29, 1.82) is 5.26 Å². The van der Waals surface area contributed by atoms with E-state index in [0.29, 0.717) is 22.4 Å². The van der Waals surface area contributed by atoms with Crippen LogP contribution in [0.25, 0.3) is 0 Å². The lowest BCUT2D eigenvalue weighted by molar-refractivity contribution is -0.385. The van der Waals surface area contributed by atoms with Crippen LogP contribution in [0.5, 0.6) is 0 Å². The highest BCUT2D eigenvalue weighted by Crippen LogP contribution is 2.27. The van der Waals surface area contributed by atoms with Crippen molar-refractivity contribution < 1.29 is 14.5 Å². The summed E-state index contributed by atoms with van der Waals surface area (Å²) in [5, 5.41) is 22.9. The predicted molar refractivity (Wildman–Crippen MR) is 87.4 cm³/mol. The number of carbonyl (C=O) groups is 1. The molecule has 0 aliphatic heterocycles. The van der Waals surface area contributed by atoms with E-state index in [1.54, 1.807) is 43.3 Å². The molecule has 7 nitrogen and oxygen atoms in total. The second-order valence-electron chi connectivity index (χ2n) is 5.09. The van der Waals surface area contributed by atoms with Crippen molar-refractivity contribution in [2.75, 3.05) is 12.4 Å². The Morgan fingerprint density at radius 1 is 1.29 bits per heavy atom. The number of nitrogens with zero attached hydrogens (tertiary/aromatic N) is 2. The first kappa shape index (κ1) is 17.0. The Balaban J connectivity index is 2.38. The van der Waals surface area contributed by atoms with Gasteiger partial charge in [0, 0.05) is 17.3 Å². The van der Waals surface area contributed by atoms with Crippen LogP contribution in [-0.4, -0.2) is 18.0 Å². The van der Waals surface area contributed by atoms with Crippen molar-refractivity contribution in [2.24, 2.45) is 0 Å². The zero-order valence-corrected chi connectivity index (χ0v) is 13.1. The average molecular weight is 325 g/mol. The summed E-state index contributed by atoms with van der Waals surface area (Å²) in [6, 6.07) is 12.2. The van der Waals surface area contributed by atoms with E-state index >= 15 is 0 Å². The fraction of sp³-hybridized carbons (Fsp3) is 0.176. The number of esters is 1. The summed E-state index contributed by atoms with van der Waals surface area (Å²) in [6.07, 6.45) is 0. The van der Waals surface area contributed by atoms with Crippen LogP contribution in [0.4, 0.5) is 11.4 Å². The van der Waals surface area contributed by atoms with E-state index in [4.69, 9.17) is 10.00 Å². The van der Waals surface area contributed by atoms with Gasteiger partial charge in [0.05, 0.1) is 23.7 Å². The maximum absolute atomic E-state index is 12.1. The van der Waals surface area contributed by atoms with E-state index in [-0.39, 0.29) is 5.69 Å². The van der Waals surface area contributed by atoms with Crippen molar-refractivity contribution in [1.82, 2.24) is 0 Å². The highest BCUT2D eigenvalue weighted by molar-refractivity contribution is 5.81. The Morgan fingerprint density at radius 2 is 1.96 bits per heavy atom. The van der Waals surface area contributed by atoms with Gasteiger partial charge in [-0.1, -0.05) is 12.1 Å². The van der Waals surface area contributed by atoms with Gasteiger partial charge in [-0.25, -0.2) is 4.79 Å². The number of nitrogens with one attached hydrogen (secondary N) is 1. The molecule has 2 aromatic rings. The second kappa shape index (κ2) is 7.24. The number of nitro groups is 1. The van der Waals surface area contributed by atoms with Crippen LogP contribution in [-0.2, 0) is 9.53 Å². The number of hydrogen-bond donors (Lipinski definition) is 1. The molecule has 1 atom stereocenters. The molecule has 0 heterocycles. The molecule has 0 aromatic heterocycles. The Labute approximate surface area is 138 Å². The zero-order chi connectivity index (χ0) is 17.7. The van der Waals surface area contributed by atoms with Gasteiger partial charge in [0.2, 0.25) is 0 Å². The number of methoxy groups -OCH3 is 1. The number of carbonyl (C=O) groups excluding carboxylic acids is 1. The van der Waals surface area contributed by atoms with Crippen LogP contribution >= 0.6 is 0 Å². The Bertz CT molecular complexity index is 810. The monoisotopic (exact) mass is 325 g/mol. The highest BCUT2D eigenvalue weighted by atomic mass is 16.6. The van der Waals surface area contributed by atoms with Crippen LogP contribution in [0.15, 0.2) is 42.5 Å². The second-order valence-corrected chi connectivity index (χ2v) is 5.09. The van der Waals surface area contributed by atoms with Crippen molar-refractivity contribution >= 4 is 17.3 Å². The number of benzene rings is 2. The maximum atomic E-state index is 12.1. The lowest BCUT2D eigenvalue weighted by Gasteiger charge is -2.18. The normalized spacial score (nSPS) is 11.2. The SMILES string of the molecule is COC(=O)C(Nc1ccc(C#N)cc1)c1ccc(C)c([N+](=O)[O-])c1. The summed E-state index contributed by atoms with van der Waals surface area (Å²) < 4.78 is 4.79. The molecule has 2 aromatic carbocycles. The first-order valence-corrected chi connectivity index (χ1v) is 7.05. The smallest absolute Gasteiger partial charge is 0.332 e. The van der Waals surface area contributed by atoms with Crippen molar-refractivity contribution in [3.05, 3.63) is 69.3 Å². The third-order valence-electron chi connectivity index (χ3n) is 3.53. The fourth-order valence-electron chi connectivity index (χ4n) is 2.21. The summed E-state index contributed by atoms with van der Waals surface area (Å²) >= 11 is 0. The molecule has 0 fully saturated rings. The summed E-state index contributed by atoms with van der Waals surface area (Å²) in [5.74, 6) is -0.572. The third-order valence-corrected chi connectivity index (χ3v) is 3.53. The van der Waals surface area contributed by atoms with E-state index in [1.807, 2.05) is 6.07 Å². The van der Waals surface area contributed by atoms with Gasteiger partial charge >= 0.3 is 5.97 Å². The van der Waals surface area contributed by atoms with E-state index < -0.39 is 16.9 Å². The minimum atomic E-state index is -0.901. The molecule has 122 valence electrons. The number of anilines is 1. The Morgan fingerprint density at radius 3 is 2.50 bits per heavy atom. The number of ether oxygens (including phenoxy) is 1. The standard InChI is InChI=1S/C17H15N3O4/c1-11-3-6-13(9-15(11)20(22)23)16(17(21)24-2)19-14-7-4-12(10-18)5-8-14/h3-9,16,19H,1-2H3. The van der Waals surface area contributed by atoms with E-state index in [0.717, 1.165) is 0 Å². The van der Waals surface area contributed by atoms with E-state index in [9.17, 15) is 14.9 Å². The molecule has 0 aliphatic rings. The van der Waals surface area contributed by atoms with E-state index in [1.165, 1.54) is 13.2 Å². The minimum Gasteiger partial charge on any atom is -0.467 e. The first-order chi connectivity index (χ1) is 11.5. The summed E-state index contributed by atoms with van der Waals surface area (Å²) in [6.45, 7) is 1.63. The quantitative estimate of drug-likeness (QED) is 0.514. The fourth-order valence-corrected chi connectivity index (χ4v) is 2.21. The lowest BCUT2D eigenvalue weighted by atomic mass is 10.0. The van der Waals surface area contributed by atoms with Gasteiger partial charge in [0.15, 0.2) is 6.04 Å². The zero-order valence-electron chi connectivity index (χ0n) is 13.1. The van der Waals surface area contributed by atoms with Gasteiger partial charge in [-0.05, 0) is 36.8 Å². The largest absolute Gasteiger partial charge is 0.467 e. The van der Waals surface area contributed by atoms with Gasteiger partial charge in [-0.15, -0.1) is 0 Å². The molecule has 24 heavy (non-hydrogen) atoms. The average Bonchev–Trinajstić information content (AvgIpc) is 2.60. The van der Waals surface area contributed by atoms with Gasteiger partial charge < -0.3 is 10.1 Å². The van der Waals surface area contributed by atoms with Gasteiger partial charge in [-0.2, -0.15) is 5.26 Å². The molecule has 0 radical (unpaired) electrons. The molecule has 0 bridgehead atoms. The minimum absolute atomic E-state index is 0.0666. The molecule has 1 N–H and O–H groups in total. The lowest BCUT2D eigenvalue weighted by Crippen LogP contribution is -2.22. The number of rotatable bonds is 5. The van der Waals surface area contributed by atoms with Crippen molar-refractivity contribution in [2.45, 2.75) is 13.0 Å². The maximum Gasteiger partial charge on any atom is 0.332 e. The topological polar surface area (TPSA) is 105 Å². The molecular formula is C17H15N3O4. The van der Waals surface area contributed by atoms with Crippen LogP contribution < -0.4 is 5.32 Å². The van der Waals surface area contributed by atoms with Crippen LogP contribution in [0.3, 0.4) is 0 Å². The number of aryl methyl sites for hydroxylation is 1. The predicted octanol–water partition coefficient (Wildman–Crippen LogP) is 3.10. The molecule has 1 unspecified atom stereocenters.